The third-order valence-corrected chi connectivity index (χ3v) is 4.43. The quantitative estimate of drug-likeness (QED) is 0.917. The lowest BCUT2D eigenvalue weighted by atomic mass is 9.98. The van der Waals surface area contributed by atoms with Gasteiger partial charge in [0.1, 0.15) is 5.82 Å². The zero-order chi connectivity index (χ0) is 13.7. The van der Waals surface area contributed by atoms with E-state index in [4.69, 9.17) is 0 Å². The molecule has 0 amide bonds. The minimum Gasteiger partial charge on any atom is -0.356 e. The van der Waals surface area contributed by atoms with Gasteiger partial charge in [0.05, 0.1) is 0 Å². The Bertz CT molecular complexity index is 408. The minimum absolute atomic E-state index is 0.871. The Kier molecular flexibility index (Phi) is 5.64. The molecule has 1 fully saturated rings. The van der Waals surface area contributed by atoms with Gasteiger partial charge in [-0.1, -0.05) is 13.3 Å². The minimum atomic E-state index is 0.871. The molecule has 2 rings (SSSR count). The van der Waals surface area contributed by atoms with E-state index in [1.165, 1.54) is 31.2 Å². The molecule has 1 aliphatic rings. The van der Waals surface area contributed by atoms with Crippen molar-refractivity contribution in [2.75, 3.05) is 25.0 Å². The largest absolute Gasteiger partial charge is 0.356 e. The first kappa shape index (κ1) is 14.8. The van der Waals surface area contributed by atoms with Crippen molar-refractivity contribution < 1.29 is 0 Å². The summed E-state index contributed by atoms with van der Waals surface area (Å²) >= 11 is 3.52. The molecular formula is C15H24BrN3. The number of rotatable bonds is 4. The Morgan fingerprint density at radius 2 is 2.26 bits per heavy atom. The number of pyridine rings is 1. The lowest BCUT2D eigenvalue weighted by molar-refractivity contribution is 0.459. The first-order valence-electron chi connectivity index (χ1n) is 7.28. The van der Waals surface area contributed by atoms with Crippen LogP contribution in [-0.4, -0.2) is 25.1 Å². The van der Waals surface area contributed by atoms with Crippen LogP contribution in [-0.2, 0) is 6.54 Å². The molecule has 19 heavy (non-hydrogen) atoms. The second kappa shape index (κ2) is 7.25. The summed E-state index contributed by atoms with van der Waals surface area (Å²) in [6.45, 7) is 5.46. The number of nitrogens with zero attached hydrogens (tertiary/aromatic N) is 2. The van der Waals surface area contributed by atoms with E-state index in [-0.39, 0.29) is 0 Å². The van der Waals surface area contributed by atoms with Crippen molar-refractivity contribution in [2.24, 2.45) is 5.92 Å². The number of halogens is 1. The van der Waals surface area contributed by atoms with Crippen LogP contribution in [0.5, 0.6) is 0 Å². The molecule has 0 aliphatic carbocycles. The van der Waals surface area contributed by atoms with E-state index < -0.39 is 0 Å². The summed E-state index contributed by atoms with van der Waals surface area (Å²) in [6, 6.07) is 2.18. The summed E-state index contributed by atoms with van der Waals surface area (Å²) in [5.41, 5.74) is 1.28. The molecule has 1 unspecified atom stereocenters. The van der Waals surface area contributed by atoms with Crippen molar-refractivity contribution in [3.8, 4) is 0 Å². The predicted molar refractivity (Wildman–Crippen MR) is 84.5 cm³/mol. The summed E-state index contributed by atoms with van der Waals surface area (Å²) in [5.74, 6) is 2.06. The average Bonchev–Trinajstić information content (AvgIpc) is 2.65. The van der Waals surface area contributed by atoms with Crippen LogP contribution in [0.15, 0.2) is 16.7 Å². The summed E-state index contributed by atoms with van der Waals surface area (Å²) < 4.78 is 1.06. The topological polar surface area (TPSA) is 28.2 Å². The molecule has 0 aromatic carbocycles. The van der Waals surface area contributed by atoms with Crippen molar-refractivity contribution in [2.45, 2.75) is 39.2 Å². The molecule has 1 atom stereocenters. The van der Waals surface area contributed by atoms with E-state index in [9.17, 15) is 0 Å². The number of hydrogen-bond donors (Lipinski definition) is 1. The molecule has 0 saturated carbocycles. The van der Waals surface area contributed by atoms with E-state index in [1.807, 2.05) is 13.2 Å². The first-order chi connectivity index (χ1) is 9.24. The Morgan fingerprint density at radius 1 is 1.42 bits per heavy atom. The van der Waals surface area contributed by atoms with Crippen molar-refractivity contribution in [3.63, 3.8) is 0 Å². The van der Waals surface area contributed by atoms with Gasteiger partial charge in [0, 0.05) is 35.9 Å². The smallest absolute Gasteiger partial charge is 0.133 e. The lowest BCUT2D eigenvalue weighted by Gasteiger charge is -2.24. The van der Waals surface area contributed by atoms with Gasteiger partial charge in [-0.05, 0) is 54.2 Å². The van der Waals surface area contributed by atoms with Gasteiger partial charge in [0.15, 0.2) is 0 Å². The van der Waals surface area contributed by atoms with Crippen LogP contribution in [0.3, 0.4) is 0 Å². The summed E-state index contributed by atoms with van der Waals surface area (Å²) in [5, 5.41) is 3.24. The fraction of sp³-hybridized carbons (Fsp3) is 0.667. The molecule has 1 aliphatic heterocycles. The highest BCUT2D eigenvalue weighted by molar-refractivity contribution is 9.10. The van der Waals surface area contributed by atoms with E-state index in [2.05, 4.69) is 44.1 Å². The first-order valence-corrected chi connectivity index (χ1v) is 8.07. The summed E-state index contributed by atoms with van der Waals surface area (Å²) in [7, 11) is 1.99. The van der Waals surface area contributed by atoms with Crippen LogP contribution >= 0.6 is 15.9 Å². The molecule has 0 bridgehead atoms. The van der Waals surface area contributed by atoms with Crippen LogP contribution in [0, 0.1) is 5.92 Å². The Balaban J connectivity index is 2.16. The molecule has 1 N–H and O–H groups in total. The highest BCUT2D eigenvalue weighted by atomic mass is 79.9. The van der Waals surface area contributed by atoms with E-state index in [0.717, 1.165) is 35.8 Å². The van der Waals surface area contributed by atoms with Gasteiger partial charge < -0.3 is 10.2 Å². The molecule has 4 heteroatoms. The molecular weight excluding hydrogens is 302 g/mol. The maximum absolute atomic E-state index is 4.65. The van der Waals surface area contributed by atoms with E-state index in [0.29, 0.717) is 0 Å². The number of hydrogen-bond acceptors (Lipinski definition) is 3. The normalized spacial score (nSPS) is 20.4. The molecule has 2 heterocycles. The number of nitrogens with one attached hydrogen (secondary N) is 1. The maximum Gasteiger partial charge on any atom is 0.133 e. The Hall–Kier alpha value is -0.610. The molecule has 0 spiro atoms. The Morgan fingerprint density at radius 3 is 3.00 bits per heavy atom. The average molecular weight is 326 g/mol. The predicted octanol–water partition coefficient (Wildman–Crippen LogP) is 3.58. The van der Waals surface area contributed by atoms with Gasteiger partial charge in [-0.25, -0.2) is 4.98 Å². The number of aromatic nitrogens is 1. The molecule has 1 aromatic heterocycles. The zero-order valence-electron chi connectivity index (χ0n) is 12.0. The molecule has 1 aromatic rings. The van der Waals surface area contributed by atoms with E-state index in [1.54, 1.807) is 0 Å². The third kappa shape index (κ3) is 3.93. The fourth-order valence-corrected chi connectivity index (χ4v) is 3.24. The van der Waals surface area contributed by atoms with Crippen molar-refractivity contribution in [1.29, 1.82) is 0 Å². The van der Waals surface area contributed by atoms with Crippen LogP contribution < -0.4 is 10.2 Å². The molecule has 3 nitrogen and oxygen atoms in total. The molecule has 0 radical (unpaired) electrons. The monoisotopic (exact) mass is 325 g/mol. The van der Waals surface area contributed by atoms with Crippen LogP contribution in [0.2, 0.25) is 0 Å². The van der Waals surface area contributed by atoms with Crippen LogP contribution in [0.1, 0.15) is 38.2 Å². The van der Waals surface area contributed by atoms with Crippen LogP contribution in [0.4, 0.5) is 5.82 Å². The van der Waals surface area contributed by atoms with Gasteiger partial charge in [0.25, 0.3) is 0 Å². The van der Waals surface area contributed by atoms with Crippen molar-refractivity contribution in [3.05, 3.63) is 22.3 Å². The van der Waals surface area contributed by atoms with Crippen LogP contribution in [0.25, 0.3) is 0 Å². The second-order valence-electron chi connectivity index (χ2n) is 5.36. The summed E-state index contributed by atoms with van der Waals surface area (Å²) in [6.07, 6.45) is 7.18. The van der Waals surface area contributed by atoms with E-state index >= 15 is 0 Å². The lowest BCUT2D eigenvalue weighted by Crippen LogP contribution is -2.27. The fourth-order valence-electron chi connectivity index (χ4n) is 2.86. The highest BCUT2D eigenvalue weighted by Crippen LogP contribution is 2.27. The highest BCUT2D eigenvalue weighted by Gasteiger charge is 2.18. The third-order valence-electron chi connectivity index (χ3n) is 4.00. The van der Waals surface area contributed by atoms with Gasteiger partial charge in [0.2, 0.25) is 0 Å². The Labute approximate surface area is 124 Å². The van der Waals surface area contributed by atoms with Gasteiger partial charge in [-0.15, -0.1) is 0 Å². The molecule has 106 valence electrons. The molecule has 1 saturated heterocycles. The maximum atomic E-state index is 4.65. The SMILES string of the molecule is CCC1CCCN(c2ncc(Br)cc2CNC)CC1. The van der Waals surface area contributed by atoms with Gasteiger partial charge in [-0.3, -0.25) is 0 Å². The van der Waals surface area contributed by atoms with Gasteiger partial charge >= 0.3 is 0 Å². The zero-order valence-corrected chi connectivity index (χ0v) is 13.5. The summed E-state index contributed by atoms with van der Waals surface area (Å²) in [4.78, 5) is 7.12. The van der Waals surface area contributed by atoms with Crippen molar-refractivity contribution in [1.82, 2.24) is 10.3 Å². The van der Waals surface area contributed by atoms with Crippen molar-refractivity contribution >= 4 is 21.7 Å². The van der Waals surface area contributed by atoms with Gasteiger partial charge in [-0.2, -0.15) is 0 Å². The second-order valence-corrected chi connectivity index (χ2v) is 6.27. The number of anilines is 1. The standard InChI is InChI=1S/C15H24BrN3/c1-3-12-5-4-7-19(8-6-12)15-13(10-17-2)9-14(16)11-18-15/h9,11-12,17H,3-8,10H2,1-2H3.